The minimum absolute atomic E-state index is 0. The van der Waals surface area contributed by atoms with Crippen molar-refractivity contribution in [1.29, 1.82) is 0 Å². The molecule has 1 saturated heterocycles. The van der Waals surface area contributed by atoms with Gasteiger partial charge in [0.15, 0.2) is 0 Å². The molecule has 0 atom stereocenters. The average Bonchev–Trinajstić information content (AvgIpc) is 2.38. The second-order valence-electron chi connectivity index (χ2n) is 5.15. The molecular weight excluding hydrogens is 314 g/mol. The van der Waals surface area contributed by atoms with E-state index < -0.39 is 18.7 Å². The summed E-state index contributed by atoms with van der Waals surface area (Å²) in [7, 11) is 0. The summed E-state index contributed by atoms with van der Waals surface area (Å²) in [5, 5.41) is 12.2. The van der Waals surface area contributed by atoms with E-state index in [1.165, 1.54) is 12.8 Å². The van der Waals surface area contributed by atoms with Crippen LogP contribution >= 0.6 is 12.4 Å². The van der Waals surface area contributed by atoms with Crippen molar-refractivity contribution in [3.8, 4) is 0 Å². The van der Waals surface area contributed by atoms with Crippen molar-refractivity contribution < 1.29 is 21.8 Å². The summed E-state index contributed by atoms with van der Waals surface area (Å²) in [4.78, 5) is 0. The van der Waals surface area contributed by atoms with Gasteiger partial charge in [0.2, 0.25) is 0 Å². The molecule has 0 aromatic rings. The van der Waals surface area contributed by atoms with Gasteiger partial charge in [-0.1, -0.05) is 0 Å². The van der Waals surface area contributed by atoms with Crippen LogP contribution in [0.3, 0.4) is 0 Å². The molecule has 0 spiro atoms. The fourth-order valence-electron chi connectivity index (χ4n) is 2.26. The van der Waals surface area contributed by atoms with Gasteiger partial charge in [0, 0.05) is 0 Å². The molecule has 3 N–H and O–H groups in total. The average molecular weight is 346 g/mol. The van der Waals surface area contributed by atoms with Gasteiger partial charge in [-0.05, 0) is 0 Å². The fraction of sp³-hybridized carbons (Fsp3) is 1.00. The monoisotopic (exact) mass is 345 g/mol. The molecule has 1 aliphatic rings. The number of nitrogens with one attached hydrogen (secondary N) is 3. The molecule has 0 aromatic carbocycles. The quantitative estimate of drug-likeness (QED) is 0.630. The Hall–Kier alpha value is 0.774. The molecule has 0 aliphatic carbocycles. The van der Waals surface area contributed by atoms with Gasteiger partial charge in [0.25, 0.3) is 0 Å². The van der Waals surface area contributed by atoms with Crippen LogP contribution in [-0.4, -0.2) is 55.7 Å². The Balaban J connectivity index is 0.00000361. The summed E-state index contributed by atoms with van der Waals surface area (Å²) in [6.07, 6.45) is 4.48. The van der Waals surface area contributed by atoms with Crippen LogP contribution in [-0.2, 0) is 18.7 Å². The molecule has 7 heteroatoms. The first-order valence-electron chi connectivity index (χ1n) is 7.67. The maximum absolute atomic E-state index is 13.6. The van der Waals surface area contributed by atoms with Gasteiger partial charge < -0.3 is 0 Å². The van der Waals surface area contributed by atoms with E-state index in [4.69, 9.17) is 0 Å². The molecule has 0 aromatic heterocycles. The zero-order valence-corrected chi connectivity index (χ0v) is 15.1. The summed E-state index contributed by atoms with van der Waals surface area (Å²) >= 11 is -2.39. The van der Waals surface area contributed by atoms with Gasteiger partial charge in [0.1, 0.15) is 0 Å². The molecule has 0 saturated carbocycles. The third-order valence-electron chi connectivity index (χ3n) is 3.41. The van der Waals surface area contributed by atoms with Gasteiger partial charge in [0.05, 0.1) is 0 Å². The Kier molecular flexibility index (Phi) is 15.3. The van der Waals surface area contributed by atoms with E-state index in [0.717, 1.165) is 65.2 Å². The minimum atomic E-state index is -2.39. The van der Waals surface area contributed by atoms with Gasteiger partial charge in [-0.3, -0.25) is 0 Å². The predicted octanol–water partition coefficient (Wildman–Crippen LogP) is 1.52. The van der Waals surface area contributed by atoms with E-state index in [9.17, 15) is 3.09 Å². The second-order valence-corrected chi connectivity index (χ2v) is 7.69. The summed E-state index contributed by atoms with van der Waals surface area (Å²) in [6.45, 7) is 8.19. The Bertz CT molecular complexity index is 197. The van der Waals surface area contributed by atoms with Crippen LogP contribution in [0.5, 0.6) is 0 Å². The van der Waals surface area contributed by atoms with Gasteiger partial charge in [-0.25, -0.2) is 0 Å². The molecule has 0 unspecified atom stereocenters. The molecule has 0 bridgehead atoms. The van der Waals surface area contributed by atoms with Crippen molar-refractivity contribution in [3.05, 3.63) is 0 Å². The van der Waals surface area contributed by atoms with Crippen LogP contribution in [0.4, 0.5) is 3.09 Å². The first-order chi connectivity index (χ1) is 9.30. The van der Waals surface area contributed by atoms with Crippen molar-refractivity contribution in [2.75, 3.05) is 52.4 Å². The normalized spacial score (nSPS) is 21.9. The number of hydrogen-bond acceptors (Lipinski definition) is 4. The van der Waals surface area contributed by atoms with Crippen LogP contribution in [0.2, 0.25) is 5.23 Å². The molecule has 1 aliphatic heterocycles. The molecule has 1 rings (SSSR count). The van der Waals surface area contributed by atoms with E-state index in [2.05, 4.69) is 19.3 Å². The van der Waals surface area contributed by atoms with E-state index >= 15 is 0 Å². The second kappa shape index (κ2) is 14.7. The molecule has 121 valence electrons. The fourth-order valence-corrected chi connectivity index (χ4v) is 3.72. The first-order valence-corrected chi connectivity index (χ1v) is 10.5. The molecule has 20 heavy (non-hydrogen) atoms. The molecule has 1 fully saturated rings. The third kappa shape index (κ3) is 11.4. The number of halogens is 2. The topological polar surface area (TPSA) is 39.3 Å². The van der Waals surface area contributed by atoms with Crippen molar-refractivity contribution in [2.45, 2.75) is 30.9 Å². The zero-order valence-electron chi connectivity index (χ0n) is 12.7. The molecule has 1 heterocycles. The van der Waals surface area contributed by atoms with Crippen LogP contribution in [0, 0.1) is 0 Å². The first kappa shape index (κ1) is 20.8. The summed E-state index contributed by atoms with van der Waals surface area (Å²) in [6, 6.07) is 0. The van der Waals surface area contributed by atoms with E-state index in [0.29, 0.717) is 0 Å². The Morgan fingerprint density at radius 2 is 1.10 bits per heavy atom. The van der Waals surface area contributed by atoms with Crippen molar-refractivity contribution in [1.82, 2.24) is 19.3 Å². The predicted molar refractivity (Wildman–Crippen MR) is 82.9 cm³/mol. The van der Waals surface area contributed by atoms with Crippen molar-refractivity contribution in [2.24, 2.45) is 0 Å². The number of rotatable bonds is 1. The Morgan fingerprint density at radius 3 is 1.45 bits per heavy atom. The third-order valence-corrected chi connectivity index (χ3v) is 5.47. The summed E-state index contributed by atoms with van der Waals surface area (Å²) < 4.78 is 15.7. The van der Waals surface area contributed by atoms with Crippen molar-refractivity contribution in [3.63, 3.8) is 0 Å². The Morgan fingerprint density at radius 1 is 0.750 bits per heavy atom. The molecule has 0 radical (unpaired) electrons. The summed E-state index contributed by atoms with van der Waals surface area (Å²) in [5.41, 5.74) is 0. The van der Waals surface area contributed by atoms with Crippen LogP contribution in [0.15, 0.2) is 0 Å². The van der Waals surface area contributed by atoms with Crippen LogP contribution in [0.1, 0.15) is 25.7 Å². The van der Waals surface area contributed by atoms with E-state index in [1.54, 1.807) is 0 Å². The van der Waals surface area contributed by atoms with Gasteiger partial charge in [-0.15, -0.1) is 12.4 Å². The summed E-state index contributed by atoms with van der Waals surface area (Å²) in [5.74, 6) is 0. The van der Waals surface area contributed by atoms with E-state index in [-0.39, 0.29) is 12.4 Å². The van der Waals surface area contributed by atoms with Gasteiger partial charge >= 0.3 is 124 Å². The van der Waals surface area contributed by atoms with Gasteiger partial charge in [-0.2, -0.15) is 0 Å². The van der Waals surface area contributed by atoms with Crippen molar-refractivity contribution >= 4 is 12.4 Å². The standard InChI is InChI=1S/C12H27N4.CH3.ClH.FH.Ti/c1-5-13-7-2-9-15-11-4-12-16-10-3-8-14-6-1;;;;/h13-15H,1-12H2;1H3;2*1H;/q-1;;;;+2/p-1. The van der Waals surface area contributed by atoms with E-state index in [1.807, 2.05) is 5.23 Å². The zero-order chi connectivity index (χ0) is 13.8. The Labute approximate surface area is 136 Å². The van der Waals surface area contributed by atoms with Crippen LogP contribution < -0.4 is 16.0 Å². The molecule has 0 amide bonds. The maximum atomic E-state index is 13.6. The number of nitrogens with zero attached hydrogens (tertiary/aromatic N) is 1. The van der Waals surface area contributed by atoms with Crippen LogP contribution in [0.25, 0.3) is 0 Å². The molecule has 4 nitrogen and oxygen atoms in total. The molecular formula is C13H31ClFN4Ti. The number of hydrogen-bond donors (Lipinski definition) is 3. The SMILES string of the molecule is Cl.[CH3][Ti]([F])[N]1CCCNCCCNCCCNCCC1.